The van der Waals surface area contributed by atoms with Crippen molar-refractivity contribution in [2.75, 3.05) is 20.3 Å². The number of methoxy groups -OCH3 is 1. The van der Waals surface area contributed by atoms with Crippen LogP contribution in [0, 0.1) is 7.14 Å². The lowest BCUT2D eigenvalue weighted by molar-refractivity contribution is -0.143. The van der Waals surface area contributed by atoms with Gasteiger partial charge < -0.3 is 18.9 Å². The third-order valence-corrected chi connectivity index (χ3v) is 5.78. The number of ether oxygens (including phenoxy) is 4. The van der Waals surface area contributed by atoms with E-state index in [1.165, 1.54) is 7.11 Å². The predicted octanol–water partition coefficient (Wildman–Crippen LogP) is 4.84. The van der Waals surface area contributed by atoms with Crippen LogP contribution in [0.3, 0.4) is 0 Å². The van der Waals surface area contributed by atoms with Crippen molar-refractivity contribution >= 4 is 80.7 Å². The summed E-state index contributed by atoms with van der Waals surface area (Å²) in [6, 6.07) is 8.84. The number of rotatable bonds is 7. The Kier molecular flexibility index (Phi) is 8.17. The van der Waals surface area contributed by atoms with Gasteiger partial charge in [0.1, 0.15) is 0 Å². The summed E-state index contributed by atoms with van der Waals surface area (Å²) < 4.78 is 22.8. The molecule has 1 heterocycles. The molecule has 2 aromatic carbocycles. The van der Waals surface area contributed by atoms with Crippen molar-refractivity contribution < 1.29 is 28.5 Å². The molecule has 0 bridgehead atoms. The Morgan fingerprint density at radius 3 is 2.71 bits per heavy atom. The van der Waals surface area contributed by atoms with E-state index in [1.807, 2.05) is 13.0 Å². The monoisotopic (exact) mass is 667 g/mol. The standard InChI is InChI=1S/C21H16ClI2NO6/c1-3-29-17-8-11(6-15(24)19(17)30-10-18(26)28-2)7-16-21(27)31-20(25-16)13-9-12(23)4-5-14(13)22/h4-9H,3,10H2,1-2H3/b16-7-. The van der Waals surface area contributed by atoms with Gasteiger partial charge in [0.25, 0.3) is 0 Å². The molecule has 0 unspecified atom stereocenters. The number of hydrogen-bond donors (Lipinski definition) is 0. The molecule has 0 aromatic heterocycles. The highest BCUT2D eigenvalue weighted by Gasteiger charge is 2.26. The van der Waals surface area contributed by atoms with Gasteiger partial charge in [0.2, 0.25) is 5.90 Å². The van der Waals surface area contributed by atoms with Crippen LogP contribution in [0.1, 0.15) is 18.1 Å². The molecule has 0 saturated heterocycles. The summed E-state index contributed by atoms with van der Waals surface area (Å²) in [5, 5.41) is 0.438. The number of carbonyl (C=O) groups excluding carboxylic acids is 2. The number of esters is 2. The van der Waals surface area contributed by atoms with Crippen LogP contribution in [0.5, 0.6) is 11.5 Å². The Labute approximate surface area is 211 Å². The van der Waals surface area contributed by atoms with Crippen LogP contribution < -0.4 is 9.47 Å². The molecule has 0 radical (unpaired) electrons. The third-order valence-electron chi connectivity index (χ3n) is 3.98. The van der Waals surface area contributed by atoms with E-state index in [0.29, 0.717) is 37.8 Å². The van der Waals surface area contributed by atoms with Gasteiger partial charge in [-0.15, -0.1) is 0 Å². The fourth-order valence-corrected chi connectivity index (χ4v) is 4.08. The fraction of sp³-hybridized carbons (Fsp3) is 0.190. The Hall–Kier alpha value is -1.86. The summed E-state index contributed by atoms with van der Waals surface area (Å²) in [6.45, 7) is 1.97. The molecule has 1 aliphatic rings. The van der Waals surface area contributed by atoms with E-state index in [2.05, 4.69) is 54.9 Å². The molecule has 3 rings (SSSR count). The van der Waals surface area contributed by atoms with Crippen LogP contribution in [-0.4, -0.2) is 38.2 Å². The van der Waals surface area contributed by atoms with Crippen molar-refractivity contribution in [3.05, 3.63) is 59.3 Å². The molecule has 0 fully saturated rings. The number of aliphatic imine (C=N–C) groups is 1. The Morgan fingerprint density at radius 1 is 1.23 bits per heavy atom. The summed E-state index contributed by atoms with van der Waals surface area (Å²) in [4.78, 5) is 28.1. The number of hydrogen-bond acceptors (Lipinski definition) is 7. The number of benzene rings is 2. The Bertz CT molecular complexity index is 1100. The molecular weight excluding hydrogens is 651 g/mol. The number of halogens is 3. The maximum atomic E-state index is 12.4. The van der Waals surface area contributed by atoms with E-state index in [-0.39, 0.29) is 18.2 Å². The lowest BCUT2D eigenvalue weighted by Gasteiger charge is -2.14. The SMILES string of the molecule is CCOc1cc(/C=C2\N=C(c3cc(I)ccc3Cl)OC2=O)cc(I)c1OCC(=O)OC. The van der Waals surface area contributed by atoms with Gasteiger partial charge in [-0.25, -0.2) is 14.6 Å². The highest BCUT2D eigenvalue weighted by molar-refractivity contribution is 14.1. The second kappa shape index (κ2) is 10.6. The van der Waals surface area contributed by atoms with Gasteiger partial charge in [-0.1, -0.05) is 11.6 Å². The molecular formula is C21H16ClI2NO6. The van der Waals surface area contributed by atoms with Crippen molar-refractivity contribution in [2.24, 2.45) is 4.99 Å². The highest BCUT2D eigenvalue weighted by atomic mass is 127. The molecule has 7 nitrogen and oxygen atoms in total. The largest absolute Gasteiger partial charge is 0.490 e. The van der Waals surface area contributed by atoms with Crippen LogP contribution in [-0.2, 0) is 19.1 Å². The second-order valence-corrected chi connectivity index (χ2v) is 8.90. The maximum absolute atomic E-state index is 12.4. The molecule has 31 heavy (non-hydrogen) atoms. The van der Waals surface area contributed by atoms with Gasteiger partial charge in [-0.05, 0) is 94.1 Å². The summed E-state index contributed by atoms with van der Waals surface area (Å²) in [6.07, 6.45) is 1.59. The summed E-state index contributed by atoms with van der Waals surface area (Å²) in [5.41, 5.74) is 1.33. The lowest BCUT2D eigenvalue weighted by atomic mass is 10.1. The molecule has 0 saturated carbocycles. The average Bonchev–Trinajstić information content (AvgIpc) is 3.09. The zero-order valence-corrected chi connectivity index (χ0v) is 21.5. The first-order valence-corrected chi connectivity index (χ1v) is 11.5. The summed E-state index contributed by atoms with van der Waals surface area (Å²) in [5.74, 6) is -0.0871. The van der Waals surface area contributed by atoms with Crippen LogP contribution in [0.4, 0.5) is 0 Å². The molecule has 0 spiro atoms. The quantitative estimate of drug-likeness (QED) is 0.239. The normalized spacial score (nSPS) is 14.3. The minimum absolute atomic E-state index is 0.131. The maximum Gasteiger partial charge on any atom is 0.363 e. The molecule has 10 heteroatoms. The van der Waals surface area contributed by atoms with Crippen LogP contribution in [0.15, 0.2) is 41.0 Å². The molecule has 0 amide bonds. The van der Waals surface area contributed by atoms with Gasteiger partial charge in [0, 0.05) is 3.57 Å². The minimum Gasteiger partial charge on any atom is -0.490 e. The van der Waals surface area contributed by atoms with Crippen molar-refractivity contribution in [1.82, 2.24) is 0 Å². The predicted molar refractivity (Wildman–Crippen MR) is 133 cm³/mol. The van der Waals surface area contributed by atoms with Gasteiger partial charge in [-0.2, -0.15) is 0 Å². The molecule has 162 valence electrons. The average molecular weight is 668 g/mol. The van der Waals surface area contributed by atoms with Crippen LogP contribution >= 0.6 is 56.8 Å². The van der Waals surface area contributed by atoms with Gasteiger partial charge in [-0.3, -0.25) is 0 Å². The molecule has 1 aliphatic heterocycles. The van der Waals surface area contributed by atoms with Gasteiger partial charge in [0.15, 0.2) is 23.8 Å². The molecule has 0 N–H and O–H groups in total. The van der Waals surface area contributed by atoms with E-state index >= 15 is 0 Å². The van der Waals surface area contributed by atoms with E-state index in [4.69, 9.17) is 25.8 Å². The zero-order chi connectivity index (χ0) is 22.5. The summed E-state index contributed by atoms with van der Waals surface area (Å²) >= 11 is 10.4. The summed E-state index contributed by atoms with van der Waals surface area (Å²) in [7, 11) is 1.29. The first-order valence-electron chi connectivity index (χ1n) is 8.96. The number of nitrogens with zero attached hydrogens (tertiary/aromatic N) is 1. The lowest BCUT2D eigenvalue weighted by Crippen LogP contribution is -2.14. The fourth-order valence-electron chi connectivity index (χ4n) is 2.61. The number of cyclic esters (lactones) is 1. The van der Waals surface area contributed by atoms with E-state index in [9.17, 15) is 9.59 Å². The van der Waals surface area contributed by atoms with Gasteiger partial charge >= 0.3 is 11.9 Å². The highest BCUT2D eigenvalue weighted by Crippen LogP contribution is 2.35. The van der Waals surface area contributed by atoms with Crippen molar-refractivity contribution in [3.63, 3.8) is 0 Å². The second-order valence-electron chi connectivity index (χ2n) is 6.09. The first-order chi connectivity index (χ1) is 14.8. The van der Waals surface area contributed by atoms with Crippen molar-refractivity contribution in [3.8, 4) is 11.5 Å². The molecule has 0 aliphatic carbocycles. The zero-order valence-electron chi connectivity index (χ0n) is 16.4. The Morgan fingerprint density at radius 2 is 2.00 bits per heavy atom. The molecule has 2 aromatic rings. The number of carbonyl (C=O) groups is 2. The van der Waals surface area contributed by atoms with Crippen LogP contribution in [0.25, 0.3) is 6.08 Å². The first kappa shape index (κ1) is 23.8. The smallest absolute Gasteiger partial charge is 0.363 e. The van der Waals surface area contributed by atoms with Gasteiger partial charge in [0.05, 0.1) is 27.9 Å². The Balaban J connectivity index is 1.95. The minimum atomic E-state index is -0.580. The van der Waals surface area contributed by atoms with Crippen molar-refractivity contribution in [1.29, 1.82) is 0 Å². The van der Waals surface area contributed by atoms with E-state index in [1.54, 1.807) is 30.3 Å². The molecule has 0 atom stereocenters. The van der Waals surface area contributed by atoms with Crippen LogP contribution in [0.2, 0.25) is 5.02 Å². The van der Waals surface area contributed by atoms with E-state index in [0.717, 1.165) is 3.57 Å². The topological polar surface area (TPSA) is 83.4 Å². The third kappa shape index (κ3) is 5.89. The van der Waals surface area contributed by atoms with E-state index < -0.39 is 11.9 Å². The van der Waals surface area contributed by atoms with Crippen molar-refractivity contribution in [2.45, 2.75) is 6.92 Å².